The number of carbonyl (C=O) groups is 2. The fourth-order valence-electron chi connectivity index (χ4n) is 1.85. The van der Waals surface area contributed by atoms with Crippen molar-refractivity contribution in [3.8, 4) is 0 Å². The number of nitrogens with zero attached hydrogens (tertiary/aromatic N) is 2. The number of para-hydroxylation sites is 1. The van der Waals surface area contributed by atoms with E-state index >= 15 is 0 Å². The predicted molar refractivity (Wildman–Crippen MR) is 94.2 cm³/mol. The number of anilines is 1. The van der Waals surface area contributed by atoms with Crippen LogP contribution in [0.1, 0.15) is 16.1 Å². The van der Waals surface area contributed by atoms with Crippen molar-refractivity contribution >= 4 is 52.5 Å². The normalized spacial score (nSPS) is 11.2. The van der Waals surface area contributed by atoms with E-state index in [0.717, 1.165) is 23.9 Å². The molecule has 1 aromatic carbocycles. The molecular weight excluding hydrogens is 430 g/mol. The molecule has 0 atom stereocenters. The smallest absolute Gasteiger partial charge is 0.418 e. The second kappa shape index (κ2) is 8.77. The molecule has 0 radical (unpaired) electrons. The minimum Gasteiger partial charge on any atom is -0.451 e. The molecule has 0 aliphatic carbocycles. The SMILES string of the molecule is CSc1ncc(Cl)c(C(=O)OCC(=O)Nc2c(Cl)cccc2C(F)(F)F)n1. The summed E-state index contributed by atoms with van der Waals surface area (Å²) in [5.41, 5.74) is -2.02. The van der Waals surface area contributed by atoms with Gasteiger partial charge in [0.15, 0.2) is 17.5 Å². The van der Waals surface area contributed by atoms with Crippen LogP contribution in [0.5, 0.6) is 0 Å². The molecule has 27 heavy (non-hydrogen) atoms. The van der Waals surface area contributed by atoms with E-state index < -0.39 is 35.9 Å². The predicted octanol–water partition coefficient (Wildman–Crippen LogP) is 4.32. The van der Waals surface area contributed by atoms with Gasteiger partial charge in [-0.2, -0.15) is 13.2 Å². The summed E-state index contributed by atoms with van der Waals surface area (Å²) in [4.78, 5) is 31.6. The van der Waals surface area contributed by atoms with E-state index in [0.29, 0.717) is 0 Å². The molecule has 0 aliphatic heterocycles. The Balaban J connectivity index is 2.09. The summed E-state index contributed by atoms with van der Waals surface area (Å²) < 4.78 is 43.8. The van der Waals surface area contributed by atoms with Crippen molar-refractivity contribution in [3.63, 3.8) is 0 Å². The van der Waals surface area contributed by atoms with Gasteiger partial charge in [-0.1, -0.05) is 41.0 Å². The molecule has 1 aromatic heterocycles. The second-order valence-electron chi connectivity index (χ2n) is 4.84. The largest absolute Gasteiger partial charge is 0.451 e. The molecule has 1 heterocycles. The zero-order valence-corrected chi connectivity index (χ0v) is 15.8. The van der Waals surface area contributed by atoms with Gasteiger partial charge in [-0.05, 0) is 18.4 Å². The number of amides is 1. The maximum absolute atomic E-state index is 13.0. The molecule has 0 saturated carbocycles. The number of nitrogens with one attached hydrogen (secondary N) is 1. The number of esters is 1. The molecule has 0 saturated heterocycles. The van der Waals surface area contributed by atoms with Crippen molar-refractivity contribution in [2.75, 3.05) is 18.2 Å². The lowest BCUT2D eigenvalue weighted by molar-refractivity contribution is -0.137. The average Bonchev–Trinajstić information content (AvgIpc) is 2.61. The molecule has 0 spiro atoms. The zero-order chi connectivity index (χ0) is 20.2. The molecule has 6 nitrogen and oxygen atoms in total. The van der Waals surface area contributed by atoms with Crippen molar-refractivity contribution in [1.29, 1.82) is 0 Å². The minimum atomic E-state index is -4.73. The van der Waals surface area contributed by atoms with E-state index in [9.17, 15) is 22.8 Å². The molecule has 0 fully saturated rings. The van der Waals surface area contributed by atoms with Gasteiger partial charge in [-0.15, -0.1) is 0 Å². The van der Waals surface area contributed by atoms with Crippen LogP contribution in [0.2, 0.25) is 10.0 Å². The second-order valence-corrected chi connectivity index (χ2v) is 6.43. The first-order valence-corrected chi connectivity index (χ1v) is 9.00. The maximum Gasteiger partial charge on any atom is 0.418 e. The quantitative estimate of drug-likeness (QED) is 0.424. The lowest BCUT2D eigenvalue weighted by atomic mass is 10.1. The van der Waals surface area contributed by atoms with Gasteiger partial charge >= 0.3 is 12.1 Å². The van der Waals surface area contributed by atoms with Gasteiger partial charge in [0, 0.05) is 0 Å². The highest BCUT2D eigenvalue weighted by Crippen LogP contribution is 2.38. The molecule has 1 N–H and O–H groups in total. The van der Waals surface area contributed by atoms with Crippen LogP contribution in [0.4, 0.5) is 18.9 Å². The van der Waals surface area contributed by atoms with Gasteiger partial charge in [0.2, 0.25) is 0 Å². The third-order valence-electron chi connectivity index (χ3n) is 3.02. The number of benzene rings is 1. The number of thioether (sulfide) groups is 1. The van der Waals surface area contributed by atoms with Gasteiger partial charge in [-0.3, -0.25) is 4.79 Å². The number of hydrogen-bond acceptors (Lipinski definition) is 6. The number of halogens is 5. The van der Waals surface area contributed by atoms with Crippen molar-refractivity contribution < 1.29 is 27.5 Å². The summed E-state index contributed by atoms with van der Waals surface area (Å²) in [6, 6.07) is 3.04. The van der Waals surface area contributed by atoms with Gasteiger partial charge < -0.3 is 10.1 Å². The first kappa shape index (κ1) is 21.3. The molecule has 0 bridgehead atoms. The molecular formula is C15H10Cl2F3N3O3S. The van der Waals surface area contributed by atoms with Crippen LogP contribution in [0.15, 0.2) is 29.6 Å². The number of aromatic nitrogens is 2. The Labute approximate surface area is 165 Å². The van der Waals surface area contributed by atoms with E-state index in [-0.39, 0.29) is 20.9 Å². The van der Waals surface area contributed by atoms with Gasteiger partial charge in [0.1, 0.15) is 0 Å². The summed E-state index contributed by atoms with van der Waals surface area (Å²) in [6.45, 7) is -0.865. The number of rotatable bonds is 5. The van der Waals surface area contributed by atoms with Gasteiger partial charge in [0.25, 0.3) is 5.91 Å². The monoisotopic (exact) mass is 439 g/mol. The van der Waals surface area contributed by atoms with Crippen LogP contribution in [0.25, 0.3) is 0 Å². The van der Waals surface area contributed by atoms with Crippen molar-refractivity contribution in [2.45, 2.75) is 11.3 Å². The standard InChI is InChI=1S/C15H10Cl2F3N3O3S/c1-27-14-21-5-9(17)12(23-14)13(25)26-6-10(24)22-11-7(15(18,19)20)3-2-4-8(11)16/h2-5H,6H2,1H3,(H,22,24). The molecule has 12 heteroatoms. The summed E-state index contributed by atoms with van der Waals surface area (Å²) in [5.74, 6) is -2.04. The van der Waals surface area contributed by atoms with Crippen LogP contribution >= 0.6 is 35.0 Å². The molecule has 2 aromatic rings. The Morgan fingerprint density at radius 1 is 1.26 bits per heavy atom. The molecule has 0 unspecified atom stereocenters. The Bertz CT molecular complexity index is 881. The lowest BCUT2D eigenvalue weighted by Crippen LogP contribution is -2.23. The average molecular weight is 440 g/mol. The van der Waals surface area contributed by atoms with Gasteiger partial charge in [0.05, 0.1) is 27.5 Å². The van der Waals surface area contributed by atoms with Crippen LogP contribution < -0.4 is 5.32 Å². The summed E-state index contributed by atoms with van der Waals surface area (Å²) >= 11 is 12.7. The number of ether oxygens (including phenoxy) is 1. The van der Waals surface area contributed by atoms with E-state index in [1.165, 1.54) is 12.3 Å². The Morgan fingerprint density at radius 3 is 2.59 bits per heavy atom. The van der Waals surface area contributed by atoms with Crippen LogP contribution in [-0.4, -0.2) is 34.7 Å². The van der Waals surface area contributed by atoms with Crippen LogP contribution in [-0.2, 0) is 15.7 Å². The summed E-state index contributed by atoms with van der Waals surface area (Å²) in [5, 5.41) is 1.84. The van der Waals surface area contributed by atoms with E-state index in [1.807, 2.05) is 5.32 Å². The number of carbonyl (C=O) groups excluding carboxylic acids is 2. The van der Waals surface area contributed by atoms with Crippen molar-refractivity contribution in [3.05, 3.63) is 45.7 Å². The first-order chi connectivity index (χ1) is 12.6. The zero-order valence-electron chi connectivity index (χ0n) is 13.4. The highest BCUT2D eigenvalue weighted by Gasteiger charge is 2.34. The fourth-order valence-corrected chi connectivity index (χ4v) is 2.59. The fraction of sp³-hybridized carbons (Fsp3) is 0.200. The Morgan fingerprint density at radius 2 is 1.96 bits per heavy atom. The molecule has 144 valence electrons. The summed E-state index contributed by atoms with van der Waals surface area (Å²) in [7, 11) is 0. The van der Waals surface area contributed by atoms with Crippen molar-refractivity contribution in [1.82, 2.24) is 9.97 Å². The summed E-state index contributed by atoms with van der Waals surface area (Å²) in [6.07, 6.45) is -1.86. The van der Waals surface area contributed by atoms with E-state index in [1.54, 1.807) is 6.26 Å². The number of hydrogen-bond donors (Lipinski definition) is 1. The van der Waals surface area contributed by atoms with Gasteiger partial charge in [-0.25, -0.2) is 14.8 Å². The maximum atomic E-state index is 13.0. The topological polar surface area (TPSA) is 81.2 Å². The molecule has 2 rings (SSSR count). The lowest BCUT2D eigenvalue weighted by Gasteiger charge is -2.15. The highest BCUT2D eigenvalue weighted by molar-refractivity contribution is 7.98. The molecule has 1 amide bonds. The number of alkyl halides is 3. The van der Waals surface area contributed by atoms with Crippen LogP contribution in [0, 0.1) is 0 Å². The Kier molecular flexibility index (Phi) is 6.90. The minimum absolute atomic E-state index is 0.0938. The van der Waals surface area contributed by atoms with Crippen molar-refractivity contribution in [2.24, 2.45) is 0 Å². The highest BCUT2D eigenvalue weighted by atomic mass is 35.5. The third kappa shape index (κ3) is 5.47. The molecule has 0 aliphatic rings. The van der Waals surface area contributed by atoms with E-state index in [4.69, 9.17) is 27.9 Å². The third-order valence-corrected chi connectivity index (χ3v) is 4.17. The van der Waals surface area contributed by atoms with E-state index in [2.05, 4.69) is 9.97 Å². The first-order valence-electron chi connectivity index (χ1n) is 7.02. The Hall–Kier alpha value is -2.04. The van der Waals surface area contributed by atoms with Crippen LogP contribution in [0.3, 0.4) is 0 Å².